The molecule has 106 valence electrons. The van der Waals surface area contributed by atoms with Crippen molar-refractivity contribution in [2.24, 2.45) is 23.5 Å². The Balaban J connectivity index is 2.16. The molecule has 0 aromatic carbocycles. The molecule has 2 fully saturated rings. The summed E-state index contributed by atoms with van der Waals surface area (Å²) < 4.78 is 0. The van der Waals surface area contributed by atoms with Crippen molar-refractivity contribution in [3.05, 3.63) is 0 Å². The average molecular weight is 252 g/mol. The van der Waals surface area contributed by atoms with E-state index >= 15 is 0 Å². The smallest absolute Gasteiger partial charge is 0.0360 e. The third kappa shape index (κ3) is 2.75. The summed E-state index contributed by atoms with van der Waals surface area (Å²) in [4.78, 5) is 2.77. The highest BCUT2D eigenvalue weighted by Gasteiger charge is 2.45. The van der Waals surface area contributed by atoms with Gasteiger partial charge in [-0.15, -0.1) is 0 Å². The molecule has 3 atom stereocenters. The fourth-order valence-electron chi connectivity index (χ4n) is 4.02. The summed E-state index contributed by atoms with van der Waals surface area (Å²) in [6, 6.07) is 0.630. The Kier molecular flexibility index (Phi) is 4.38. The van der Waals surface area contributed by atoms with Gasteiger partial charge in [0.05, 0.1) is 0 Å². The number of hydrogen-bond acceptors (Lipinski definition) is 2. The van der Waals surface area contributed by atoms with Gasteiger partial charge < -0.3 is 5.73 Å². The largest absolute Gasteiger partial charge is 0.329 e. The van der Waals surface area contributed by atoms with Gasteiger partial charge in [0.15, 0.2) is 0 Å². The van der Waals surface area contributed by atoms with Crippen molar-refractivity contribution in [1.82, 2.24) is 4.90 Å². The second-order valence-corrected chi connectivity index (χ2v) is 7.28. The Labute approximate surface area is 113 Å². The summed E-state index contributed by atoms with van der Waals surface area (Å²) in [7, 11) is 0. The van der Waals surface area contributed by atoms with Gasteiger partial charge in [-0.1, -0.05) is 13.8 Å². The lowest BCUT2D eigenvalue weighted by Crippen LogP contribution is -2.62. The van der Waals surface area contributed by atoms with Crippen LogP contribution in [0.4, 0.5) is 0 Å². The van der Waals surface area contributed by atoms with E-state index in [0.29, 0.717) is 6.04 Å². The molecule has 2 aliphatic carbocycles. The Morgan fingerprint density at radius 1 is 1.22 bits per heavy atom. The van der Waals surface area contributed by atoms with Crippen LogP contribution in [-0.4, -0.2) is 29.6 Å². The Bertz CT molecular complexity index is 272. The highest BCUT2D eigenvalue weighted by Crippen LogP contribution is 2.43. The predicted molar refractivity (Wildman–Crippen MR) is 78.5 cm³/mol. The molecule has 2 rings (SSSR count). The Morgan fingerprint density at radius 3 is 2.33 bits per heavy atom. The van der Waals surface area contributed by atoms with Crippen LogP contribution in [0.3, 0.4) is 0 Å². The van der Waals surface area contributed by atoms with E-state index < -0.39 is 0 Å². The summed E-state index contributed by atoms with van der Waals surface area (Å²) in [6.45, 7) is 11.7. The molecule has 18 heavy (non-hydrogen) atoms. The maximum absolute atomic E-state index is 6.27. The van der Waals surface area contributed by atoms with Gasteiger partial charge >= 0.3 is 0 Å². The predicted octanol–water partition coefficient (Wildman–Crippen LogP) is 3.26. The van der Waals surface area contributed by atoms with Crippen LogP contribution in [0, 0.1) is 17.8 Å². The van der Waals surface area contributed by atoms with Crippen LogP contribution in [0.5, 0.6) is 0 Å². The number of hydrogen-bond donors (Lipinski definition) is 1. The first-order chi connectivity index (χ1) is 8.49. The second kappa shape index (κ2) is 5.50. The summed E-state index contributed by atoms with van der Waals surface area (Å²) >= 11 is 0. The highest BCUT2D eigenvalue weighted by atomic mass is 15.2. The third-order valence-electron chi connectivity index (χ3n) is 5.44. The zero-order valence-corrected chi connectivity index (χ0v) is 12.8. The molecule has 0 heterocycles. The van der Waals surface area contributed by atoms with Gasteiger partial charge in [0, 0.05) is 24.7 Å². The quantitative estimate of drug-likeness (QED) is 0.814. The molecule has 2 nitrogen and oxygen atoms in total. The molecule has 2 N–H and O–H groups in total. The number of nitrogens with two attached hydrogens (primary N) is 1. The maximum Gasteiger partial charge on any atom is 0.0360 e. The van der Waals surface area contributed by atoms with Crippen molar-refractivity contribution in [2.75, 3.05) is 13.1 Å². The molecule has 0 aromatic rings. The van der Waals surface area contributed by atoms with E-state index in [4.69, 9.17) is 5.73 Å². The normalized spacial score (nSPS) is 37.5. The van der Waals surface area contributed by atoms with Crippen LogP contribution in [0.2, 0.25) is 0 Å². The van der Waals surface area contributed by atoms with Crippen LogP contribution < -0.4 is 5.73 Å². The van der Waals surface area contributed by atoms with E-state index in [0.717, 1.165) is 24.3 Å². The zero-order valence-electron chi connectivity index (χ0n) is 12.8. The molecule has 0 aromatic heterocycles. The van der Waals surface area contributed by atoms with Crippen molar-refractivity contribution in [2.45, 2.75) is 71.4 Å². The van der Waals surface area contributed by atoms with Crippen molar-refractivity contribution in [3.63, 3.8) is 0 Å². The van der Waals surface area contributed by atoms with E-state index in [2.05, 4.69) is 32.6 Å². The summed E-state index contributed by atoms with van der Waals surface area (Å²) in [5.41, 5.74) is 6.55. The minimum absolute atomic E-state index is 0.281. The molecule has 2 saturated carbocycles. The van der Waals surface area contributed by atoms with Crippen molar-refractivity contribution < 1.29 is 0 Å². The first kappa shape index (κ1) is 14.3. The van der Waals surface area contributed by atoms with Gasteiger partial charge in [0.1, 0.15) is 0 Å². The van der Waals surface area contributed by atoms with E-state index in [1.54, 1.807) is 0 Å². The molecule has 0 radical (unpaired) electrons. The van der Waals surface area contributed by atoms with E-state index in [1.807, 2.05) is 0 Å². The molecular weight excluding hydrogens is 220 g/mol. The minimum atomic E-state index is 0.281. The molecule has 2 aliphatic rings. The van der Waals surface area contributed by atoms with Gasteiger partial charge in [0.25, 0.3) is 0 Å². The topological polar surface area (TPSA) is 29.3 Å². The highest BCUT2D eigenvalue weighted by molar-refractivity contribution is 5.01. The van der Waals surface area contributed by atoms with E-state index in [1.165, 1.54) is 38.6 Å². The third-order valence-corrected chi connectivity index (χ3v) is 5.44. The fraction of sp³-hybridized carbons (Fsp3) is 1.00. The maximum atomic E-state index is 6.27. The zero-order chi connectivity index (χ0) is 13.3. The lowest BCUT2D eigenvalue weighted by molar-refractivity contribution is -0.0236. The van der Waals surface area contributed by atoms with Crippen LogP contribution in [0.25, 0.3) is 0 Å². The molecule has 0 aliphatic heterocycles. The van der Waals surface area contributed by atoms with Gasteiger partial charge in [-0.25, -0.2) is 0 Å². The van der Waals surface area contributed by atoms with E-state index in [-0.39, 0.29) is 5.54 Å². The van der Waals surface area contributed by atoms with Gasteiger partial charge in [-0.3, -0.25) is 4.90 Å². The van der Waals surface area contributed by atoms with Gasteiger partial charge in [-0.05, 0) is 63.7 Å². The number of rotatable bonds is 5. The van der Waals surface area contributed by atoms with Crippen LogP contribution in [0.15, 0.2) is 0 Å². The van der Waals surface area contributed by atoms with Crippen molar-refractivity contribution >= 4 is 0 Å². The van der Waals surface area contributed by atoms with Crippen molar-refractivity contribution in [3.8, 4) is 0 Å². The monoisotopic (exact) mass is 252 g/mol. The molecule has 2 heteroatoms. The lowest BCUT2D eigenvalue weighted by Gasteiger charge is -2.53. The molecule has 0 saturated heterocycles. The summed E-state index contributed by atoms with van der Waals surface area (Å²) in [5, 5.41) is 0. The fourth-order valence-corrected chi connectivity index (χ4v) is 4.02. The summed E-state index contributed by atoms with van der Waals surface area (Å²) in [6.07, 6.45) is 6.89. The first-order valence-corrected chi connectivity index (χ1v) is 7.96. The standard InChI is InChI=1S/C16H32N2/c1-12(2)18(10-15-5-6-15)16(11-17)8-7-13(3)9-14(16)4/h12-15H,5-11,17H2,1-4H3. The molecular formula is C16H32N2. The summed E-state index contributed by atoms with van der Waals surface area (Å²) in [5.74, 6) is 2.59. The van der Waals surface area contributed by atoms with Gasteiger partial charge in [0.2, 0.25) is 0 Å². The Morgan fingerprint density at radius 2 is 1.89 bits per heavy atom. The van der Waals surface area contributed by atoms with Crippen molar-refractivity contribution in [1.29, 1.82) is 0 Å². The second-order valence-electron chi connectivity index (χ2n) is 7.28. The molecule has 3 unspecified atom stereocenters. The van der Waals surface area contributed by atoms with E-state index in [9.17, 15) is 0 Å². The lowest BCUT2D eigenvalue weighted by atomic mass is 9.68. The first-order valence-electron chi connectivity index (χ1n) is 7.96. The molecule has 0 bridgehead atoms. The number of nitrogens with zero attached hydrogens (tertiary/aromatic N) is 1. The van der Waals surface area contributed by atoms with Crippen LogP contribution in [-0.2, 0) is 0 Å². The Hall–Kier alpha value is -0.0800. The minimum Gasteiger partial charge on any atom is -0.329 e. The molecule has 0 amide bonds. The van der Waals surface area contributed by atoms with Crippen LogP contribution >= 0.6 is 0 Å². The van der Waals surface area contributed by atoms with Crippen LogP contribution in [0.1, 0.15) is 59.8 Å². The average Bonchev–Trinajstić information content (AvgIpc) is 3.11. The SMILES string of the molecule is CC1CCC(CN)(N(CC2CC2)C(C)C)C(C)C1. The van der Waals surface area contributed by atoms with Gasteiger partial charge in [-0.2, -0.15) is 0 Å². The molecule has 0 spiro atoms.